The predicted molar refractivity (Wildman–Crippen MR) is 75.7 cm³/mol. The van der Waals surface area contributed by atoms with Crippen molar-refractivity contribution in [3.05, 3.63) is 59.0 Å². The predicted octanol–water partition coefficient (Wildman–Crippen LogP) is 4.33. The third-order valence-corrected chi connectivity index (χ3v) is 3.34. The lowest BCUT2D eigenvalue weighted by atomic mass is 10.0. The molecule has 0 saturated carbocycles. The van der Waals surface area contributed by atoms with E-state index in [4.69, 9.17) is 16.7 Å². The number of hydrogen-bond donors (Lipinski definition) is 2. The third-order valence-electron chi connectivity index (χ3n) is 3.11. The summed E-state index contributed by atoms with van der Waals surface area (Å²) in [6.07, 6.45) is 0. The lowest BCUT2D eigenvalue weighted by Gasteiger charge is -2.05. The van der Waals surface area contributed by atoms with Gasteiger partial charge >= 0.3 is 5.97 Å². The van der Waals surface area contributed by atoms with E-state index in [1.54, 1.807) is 30.3 Å². The summed E-state index contributed by atoms with van der Waals surface area (Å²) in [5.74, 6) is -1.50. The lowest BCUT2D eigenvalue weighted by molar-refractivity contribution is 0.0691. The molecule has 1 aromatic heterocycles. The molecule has 2 N–H and O–H groups in total. The smallest absolute Gasteiger partial charge is 0.352 e. The summed E-state index contributed by atoms with van der Waals surface area (Å²) in [7, 11) is 0. The Bertz CT molecular complexity index is 826. The van der Waals surface area contributed by atoms with Crippen molar-refractivity contribution in [1.29, 1.82) is 0 Å². The number of rotatable bonds is 2. The van der Waals surface area contributed by atoms with Crippen LogP contribution in [-0.4, -0.2) is 16.1 Å². The van der Waals surface area contributed by atoms with Crippen LogP contribution in [0.3, 0.4) is 0 Å². The minimum absolute atomic E-state index is 0.0711. The minimum Gasteiger partial charge on any atom is -0.477 e. The first-order valence-electron chi connectivity index (χ1n) is 5.87. The van der Waals surface area contributed by atoms with Crippen LogP contribution in [0, 0.1) is 5.82 Å². The Labute approximate surface area is 118 Å². The second-order valence-electron chi connectivity index (χ2n) is 4.38. The Morgan fingerprint density at radius 3 is 2.65 bits per heavy atom. The maximum atomic E-state index is 14.0. The lowest BCUT2D eigenvalue weighted by Crippen LogP contribution is -1.95. The SMILES string of the molecule is O=C(O)c1cc2cccc(-c3ccc(Cl)cc3F)c2[nH]1. The molecule has 20 heavy (non-hydrogen) atoms. The van der Waals surface area contributed by atoms with Gasteiger partial charge in [0.05, 0.1) is 5.52 Å². The molecule has 0 radical (unpaired) electrons. The van der Waals surface area contributed by atoms with Gasteiger partial charge in [0.1, 0.15) is 11.5 Å². The number of H-pyrrole nitrogens is 1. The van der Waals surface area contributed by atoms with E-state index in [-0.39, 0.29) is 5.69 Å². The largest absolute Gasteiger partial charge is 0.477 e. The monoisotopic (exact) mass is 289 g/mol. The first-order chi connectivity index (χ1) is 9.56. The highest BCUT2D eigenvalue weighted by atomic mass is 35.5. The van der Waals surface area contributed by atoms with Crippen molar-refractivity contribution in [2.75, 3.05) is 0 Å². The molecule has 0 spiro atoms. The summed E-state index contributed by atoms with van der Waals surface area (Å²) in [6, 6.07) is 11.2. The molecule has 0 unspecified atom stereocenters. The van der Waals surface area contributed by atoms with E-state index in [2.05, 4.69) is 4.98 Å². The highest BCUT2D eigenvalue weighted by molar-refractivity contribution is 6.30. The van der Waals surface area contributed by atoms with E-state index in [9.17, 15) is 9.18 Å². The standard InChI is InChI=1S/C15H9ClFNO2/c16-9-4-5-10(12(17)7-9)11-3-1-2-8-6-13(15(19)20)18-14(8)11/h1-7,18H,(H,19,20). The second kappa shape index (κ2) is 4.65. The van der Waals surface area contributed by atoms with Crippen LogP contribution in [0.15, 0.2) is 42.5 Å². The Hall–Kier alpha value is -2.33. The zero-order chi connectivity index (χ0) is 14.3. The van der Waals surface area contributed by atoms with Gasteiger partial charge in [0, 0.05) is 21.5 Å². The maximum absolute atomic E-state index is 14.0. The number of carbonyl (C=O) groups is 1. The molecule has 3 rings (SSSR count). The van der Waals surface area contributed by atoms with E-state index in [0.29, 0.717) is 27.1 Å². The van der Waals surface area contributed by atoms with Crippen LogP contribution in [0.25, 0.3) is 22.0 Å². The number of para-hydroxylation sites is 1. The van der Waals surface area contributed by atoms with Crippen molar-refractivity contribution in [3.8, 4) is 11.1 Å². The first-order valence-corrected chi connectivity index (χ1v) is 6.24. The molecule has 0 atom stereocenters. The summed E-state index contributed by atoms with van der Waals surface area (Å²) in [5.41, 5.74) is 1.64. The molecule has 3 aromatic rings. The zero-order valence-electron chi connectivity index (χ0n) is 10.2. The van der Waals surface area contributed by atoms with Gasteiger partial charge in [-0.2, -0.15) is 0 Å². The van der Waals surface area contributed by atoms with Gasteiger partial charge in [-0.25, -0.2) is 9.18 Å². The average Bonchev–Trinajstić information content (AvgIpc) is 2.83. The first kappa shape index (κ1) is 12.7. The molecule has 1 heterocycles. The van der Waals surface area contributed by atoms with Gasteiger partial charge in [-0.15, -0.1) is 0 Å². The summed E-state index contributed by atoms with van der Waals surface area (Å²) in [6.45, 7) is 0. The van der Waals surface area contributed by atoms with Crippen LogP contribution in [0.5, 0.6) is 0 Å². The third kappa shape index (κ3) is 2.04. The van der Waals surface area contributed by atoms with E-state index in [1.807, 2.05) is 0 Å². The zero-order valence-corrected chi connectivity index (χ0v) is 10.9. The number of aromatic carboxylic acids is 1. The molecule has 0 fully saturated rings. The molecule has 0 saturated heterocycles. The van der Waals surface area contributed by atoms with Gasteiger partial charge in [0.15, 0.2) is 0 Å². The fourth-order valence-electron chi connectivity index (χ4n) is 2.20. The topological polar surface area (TPSA) is 53.1 Å². The molecule has 2 aromatic carbocycles. The molecule has 0 aliphatic rings. The van der Waals surface area contributed by atoms with Crippen LogP contribution in [-0.2, 0) is 0 Å². The summed E-state index contributed by atoms with van der Waals surface area (Å²) >= 11 is 5.74. The number of hydrogen-bond acceptors (Lipinski definition) is 1. The van der Waals surface area contributed by atoms with Crippen LogP contribution in [0.1, 0.15) is 10.5 Å². The Morgan fingerprint density at radius 2 is 1.95 bits per heavy atom. The molecule has 5 heteroatoms. The van der Waals surface area contributed by atoms with Crippen molar-refractivity contribution in [2.45, 2.75) is 0 Å². The Balaban J connectivity index is 2.28. The average molecular weight is 290 g/mol. The van der Waals surface area contributed by atoms with Crippen LogP contribution >= 0.6 is 11.6 Å². The molecular formula is C15H9ClFNO2. The van der Waals surface area contributed by atoms with Crippen LogP contribution < -0.4 is 0 Å². The Kier molecular flexibility index (Phi) is 2.95. The van der Waals surface area contributed by atoms with Crippen LogP contribution in [0.2, 0.25) is 5.02 Å². The molecular weight excluding hydrogens is 281 g/mol. The number of aromatic nitrogens is 1. The molecule has 0 aliphatic carbocycles. The summed E-state index contributed by atoms with van der Waals surface area (Å²) in [4.78, 5) is 13.8. The van der Waals surface area contributed by atoms with E-state index in [0.717, 1.165) is 0 Å². The number of halogens is 2. The van der Waals surface area contributed by atoms with Gasteiger partial charge in [0.2, 0.25) is 0 Å². The molecule has 3 nitrogen and oxygen atoms in total. The van der Waals surface area contributed by atoms with Gasteiger partial charge < -0.3 is 10.1 Å². The van der Waals surface area contributed by atoms with Crippen molar-refractivity contribution >= 4 is 28.5 Å². The second-order valence-corrected chi connectivity index (χ2v) is 4.82. The number of nitrogens with one attached hydrogen (secondary N) is 1. The number of carboxylic acids is 1. The van der Waals surface area contributed by atoms with Crippen LogP contribution in [0.4, 0.5) is 4.39 Å². The number of aromatic amines is 1. The quantitative estimate of drug-likeness (QED) is 0.738. The fourth-order valence-corrected chi connectivity index (χ4v) is 2.36. The molecule has 100 valence electrons. The van der Waals surface area contributed by atoms with Gasteiger partial charge in [0.25, 0.3) is 0 Å². The highest BCUT2D eigenvalue weighted by Crippen LogP contribution is 2.31. The van der Waals surface area contributed by atoms with Crippen molar-refractivity contribution < 1.29 is 14.3 Å². The normalized spacial score (nSPS) is 10.9. The van der Waals surface area contributed by atoms with Gasteiger partial charge in [-0.05, 0) is 24.3 Å². The van der Waals surface area contributed by atoms with Gasteiger partial charge in [-0.3, -0.25) is 0 Å². The van der Waals surface area contributed by atoms with Crippen molar-refractivity contribution in [2.24, 2.45) is 0 Å². The van der Waals surface area contributed by atoms with E-state index >= 15 is 0 Å². The summed E-state index contributed by atoms with van der Waals surface area (Å²) < 4.78 is 14.0. The van der Waals surface area contributed by atoms with Crippen molar-refractivity contribution in [3.63, 3.8) is 0 Å². The van der Waals surface area contributed by atoms with Gasteiger partial charge in [-0.1, -0.05) is 29.8 Å². The Morgan fingerprint density at radius 1 is 1.15 bits per heavy atom. The number of benzene rings is 2. The highest BCUT2D eigenvalue weighted by Gasteiger charge is 2.13. The van der Waals surface area contributed by atoms with E-state index < -0.39 is 11.8 Å². The fraction of sp³-hybridized carbons (Fsp3) is 0. The number of carboxylic acid groups (broad SMARTS) is 1. The van der Waals surface area contributed by atoms with E-state index in [1.165, 1.54) is 12.1 Å². The minimum atomic E-state index is -1.05. The molecule has 0 aliphatic heterocycles. The molecule has 0 amide bonds. The number of fused-ring (bicyclic) bond motifs is 1. The molecule has 0 bridgehead atoms. The van der Waals surface area contributed by atoms with Crippen molar-refractivity contribution in [1.82, 2.24) is 4.98 Å². The summed E-state index contributed by atoms with van der Waals surface area (Å²) in [5, 5.41) is 10.0. The maximum Gasteiger partial charge on any atom is 0.352 e.